The number of nitrogens with zero attached hydrogens (tertiary/aromatic N) is 2. The topological polar surface area (TPSA) is 68.2 Å². The second-order valence-electron chi connectivity index (χ2n) is 7.43. The summed E-state index contributed by atoms with van der Waals surface area (Å²) in [6.45, 7) is 4.72. The van der Waals surface area contributed by atoms with E-state index in [1.807, 2.05) is 78.5 Å². The Morgan fingerprint density at radius 1 is 1.12 bits per heavy atom. The zero-order valence-electron chi connectivity index (χ0n) is 18.7. The van der Waals surface area contributed by atoms with Crippen molar-refractivity contribution >= 4 is 61.4 Å². The Morgan fingerprint density at radius 2 is 1.85 bits per heavy atom. The standard InChI is InChI=1S/C25H23BrN4O2S2/c1-3-32-24(31)22-21(18-7-5-4-6-8-18)16(2)34-23(22)28-25(33)27-20-13-14-30(29-20)15-17-9-11-19(26)12-10-17/h4-14H,3,15H2,1-2H3,(H2,27,28,29,33). The van der Waals surface area contributed by atoms with Crippen LogP contribution in [0.5, 0.6) is 0 Å². The number of aromatic nitrogens is 2. The lowest BCUT2D eigenvalue weighted by atomic mass is 10.0. The normalized spacial score (nSPS) is 10.7. The van der Waals surface area contributed by atoms with Gasteiger partial charge in [0, 0.05) is 27.2 Å². The van der Waals surface area contributed by atoms with E-state index in [9.17, 15) is 4.79 Å². The van der Waals surface area contributed by atoms with Gasteiger partial charge in [0.15, 0.2) is 10.9 Å². The molecular formula is C25H23BrN4O2S2. The molecule has 0 spiro atoms. The molecule has 0 saturated carbocycles. The van der Waals surface area contributed by atoms with Crippen LogP contribution in [0.1, 0.15) is 27.7 Å². The van der Waals surface area contributed by atoms with Crippen molar-refractivity contribution in [3.8, 4) is 11.1 Å². The molecule has 2 aromatic carbocycles. The summed E-state index contributed by atoms with van der Waals surface area (Å²) in [5.41, 5.74) is 3.44. The minimum Gasteiger partial charge on any atom is -0.462 e. The average Bonchev–Trinajstić information content (AvgIpc) is 3.39. The van der Waals surface area contributed by atoms with Crippen LogP contribution in [0.4, 0.5) is 10.8 Å². The lowest BCUT2D eigenvalue weighted by Crippen LogP contribution is -2.20. The van der Waals surface area contributed by atoms with Crippen molar-refractivity contribution in [1.29, 1.82) is 0 Å². The van der Waals surface area contributed by atoms with Crippen molar-refractivity contribution < 1.29 is 9.53 Å². The highest BCUT2D eigenvalue weighted by Gasteiger charge is 2.25. The molecule has 0 saturated heterocycles. The third-order valence-corrected chi connectivity index (χ3v) is 6.75. The highest BCUT2D eigenvalue weighted by Crippen LogP contribution is 2.40. The van der Waals surface area contributed by atoms with Gasteiger partial charge in [-0.05, 0) is 49.3 Å². The van der Waals surface area contributed by atoms with Gasteiger partial charge in [0.1, 0.15) is 10.6 Å². The fourth-order valence-electron chi connectivity index (χ4n) is 3.53. The number of nitrogens with one attached hydrogen (secondary N) is 2. The molecule has 0 radical (unpaired) electrons. The fraction of sp³-hybridized carbons (Fsp3) is 0.160. The molecule has 0 bridgehead atoms. The molecule has 34 heavy (non-hydrogen) atoms. The minimum absolute atomic E-state index is 0.292. The van der Waals surface area contributed by atoms with E-state index in [0.29, 0.717) is 34.6 Å². The Morgan fingerprint density at radius 3 is 2.56 bits per heavy atom. The van der Waals surface area contributed by atoms with Crippen LogP contribution >= 0.6 is 39.5 Å². The Hall–Kier alpha value is -3.01. The van der Waals surface area contributed by atoms with Gasteiger partial charge in [0.2, 0.25) is 0 Å². The fourth-order valence-corrected chi connectivity index (χ4v) is 5.13. The van der Waals surface area contributed by atoms with Crippen LogP contribution in [0.3, 0.4) is 0 Å². The highest BCUT2D eigenvalue weighted by molar-refractivity contribution is 9.10. The molecule has 0 aliphatic rings. The molecule has 0 unspecified atom stereocenters. The van der Waals surface area contributed by atoms with Gasteiger partial charge in [0.05, 0.1) is 13.2 Å². The molecule has 0 fully saturated rings. The molecule has 2 aromatic heterocycles. The summed E-state index contributed by atoms with van der Waals surface area (Å²) < 4.78 is 8.23. The van der Waals surface area contributed by atoms with Crippen molar-refractivity contribution in [1.82, 2.24) is 9.78 Å². The van der Waals surface area contributed by atoms with Gasteiger partial charge in [-0.25, -0.2) is 4.79 Å². The second kappa shape index (κ2) is 10.9. The Bertz CT molecular complexity index is 1300. The summed E-state index contributed by atoms with van der Waals surface area (Å²) in [7, 11) is 0. The number of ether oxygens (including phenoxy) is 1. The van der Waals surface area contributed by atoms with E-state index in [4.69, 9.17) is 17.0 Å². The molecule has 9 heteroatoms. The minimum atomic E-state index is -0.380. The largest absolute Gasteiger partial charge is 0.462 e. The molecule has 0 aliphatic heterocycles. The number of esters is 1. The molecule has 6 nitrogen and oxygen atoms in total. The number of hydrogen-bond donors (Lipinski definition) is 2. The molecule has 0 aliphatic carbocycles. The average molecular weight is 556 g/mol. The Kier molecular flexibility index (Phi) is 7.77. The number of carbonyl (C=O) groups is 1. The lowest BCUT2D eigenvalue weighted by Gasteiger charge is -2.11. The Labute approximate surface area is 216 Å². The molecule has 4 rings (SSSR count). The first kappa shape index (κ1) is 24.1. The maximum absolute atomic E-state index is 12.9. The molecule has 0 amide bonds. The van der Waals surface area contributed by atoms with Crippen LogP contribution < -0.4 is 10.6 Å². The maximum Gasteiger partial charge on any atom is 0.341 e. The van der Waals surface area contributed by atoms with Crippen molar-refractivity contribution in [2.75, 3.05) is 17.2 Å². The van der Waals surface area contributed by atoms with Crippen molar-refractivity contribution in [2.45, 2.75) is 20.4 Å². The van der Waals surface area contributed by atoms with E-state index in [1.54, 1.807) is 6.92 Å². The molecule has 174 valence electrons. The van der Waals surface area contributed by atoms with Crippen LogP contribution in [-0.4, -0.2) is 27.5 Å². The quantitative estimate of drug-likeness (QED) is 0.195. The van der Waals surface area contributed by atoms with Gasteiger partial charge in [-0.3, -0.25) is 4.68 Å². The summed E-state index contributed by atoms with van der Waals surface area (Å²) >= 11 is 10.4. The predicted molar refractivity (Wildman–Crippen MR) is 146 cm³/mol. The summed E-state index contributed by atoms with van der Waals surface area (Å²) in [4.78, 5) is 13.9. The first-order valence-electron chi connectivity index (χ1n) is 10.7. The van der Waals surface area contributed by atoms with Gasteiger partial charge >= 0.3 is 5.97 Å². The summed E-state index contributed by atoms with van der Waals surface area (Å²) in [6, 6.07) is 19.8. The molecular weight excluding hydrogens is 532 g/mol. The first-order chi connectivity index (χ1) is 16.4. The number of thiocarbonyl (C=S) groups is 1. The summed E-state index contributed by atoms with van der Waals surface area (Å²) in [6.07, 6.45) is 1.89. The van der Waals surface area contributed by atoms with E-state index >= 15 is 0 Å². The lowest BCUT2D eigenvalue weighted by molar-refractivity contribution is 0.0529. The van der Waals surface area contributed by atoms with Gasteiger partial charge < -0.3 is 15.4 Å². The van der Waals surface area contributed by atoms with Gasteiger partial charge in [-0.1, -0.05) is 58.4 Å². The maximum atomic E-state index is 12.9. The number of thiophene rings is 1. The smallest absolute Gasteiger partial charge is 0.341 e. The third kappa shape index (κ3) is 5.72. The zero-order valence-corrected chi connectivity index (χ0v) is 21.9. The van der Waals surface area contributed by atoms with Gasteiger partial charge in [-0.15, -0.1) is 11.3 Å². The molecule has 0 atom stereocenters. The number of carbonyl (C=O) groups excluding carboxylic acids is 1. The van der Waals surface area contributed by atoms with Crippen molar-refractivity contribution in [2.24, 2.45) is 0 Å². The molecule has 2 N–H and O–H groups in total. The number of hydrogen-bond acceptors (Lipinski definition) is 5. The second-order valence-corrected chi connectivity index (χ2v) is 9.98. The van der Waals surface area contributed by atoms with E-state index in [1.165, 1.54) is 11.3 Å². The van der Waals surface area contributed by atoms with E-state index in [0.717, 1.165) is 26.0 Å². The summed E-state index contributed by atoms with van der Waals surface area (Å²) in [5, 5.41) is 11.8. The number of rotatable bonds is 7. The zero-order chi connectivity index (χ0) is 24.1. The number of benzene rings is 2. The van der Waals surface area contributed by atoms with E-state index in [-0.39, 0.29) is 5.97 Å². The van der Waals surface area contributed by atoms with Crippen LogP contribution in [-0.2, 0) is 11.3 Å². The number of halogens is 1. The number of anilines is 2. The van der Waals surface area contributed by atoms with Crippen LogP contribution in [0, 0.1) is 6.92 Å². The molecule has 4 aromatic rings. The van der Waals surface area contributed by atoms with Crippen LogP contribution in [0.25, 0.3) is 11.1 Å². The van der Waals surface area contributed by atoms with Crippen molar-refractivity contribution in [3.63, 3.8) is 0 Å². The van der Waals surface area contributed by atoms with Crippen molar-refractivity contribution in [3.05, 3.63) is 87.3 Å². The highest BCUT2D eigenvalue weighted by atomic mass is 79.9. The van der Waals surface area contributed by atoms with E-state index in [2.05, 4.69) is 31.7 Å². The number of aryl methyl sites for hydroxylation is 1. The SMILES string of the molecule is CCOC(=O)c1c(NC(=S)Nc2ccn(Cc3ccc(Br)cc3)n2)sc(C)c1-c1ccccc1. The van der Waals surface area contributed by atoms with Crippen LogP contribution in [0.15, 0.2) is 71.3 Å². The monoisotopic (exact) mass is 554 g/mol. The van der Waals surface area contributed by atoms with Gasteiger partial charge in [0.25, 0.3) is 0 Å². The first-order valence-corrected chi connectivity index (χ1v) is 12.7. The van der Waals surface area contributed by atoms with Gasteiger partial charge in [-0.2, -0.15) is 5.10 Å². The Balaban J connectivity index is 1.51. The van der Waals surface area contributed by atoms with E-state index < -0.39 is 0 Å². The predicted octanol–water partition coefficient (Wildman–Crippen LogP) is 6.72. The summed E-state index contributed by atoms with van der Waals surface area (Å²) in [5.74, 6) is 0.235. The molecule has 2 heterocycles. The third-order valence-electron chi connectivity index (χ3n) is 4.99. The van der Waals surface area contributed by atoms with Crippen LogP contribution in [0.2, 0.25) is 0 Å².